The zero-order valence-corrected chi connectivity index (χ0v) is 12.3. The maximum absolute atomic E-state index is 10.1. The monoisotopic (exact) mass is 256 g/mol. The van der Waals surface area contributed by atoms with Crippen LogP contribution in [-0.4, -0.2) is 27.0 Å². The number of rotatable bonds is 4. The van der Waals surface area contributed by atoms with Gasteiger partial charge in [0.25, 0.3) is 0 Å². The van der Waals surface area contributed by atoms with Crippen molar-refractivity contribution in [1.82, 2.24) is 0 Å². The standard InChI is InChI=1S/C15H28O3/c1-6-15(5,18)8-7-11-10(2)13(17)12(16)9-14(11,3)4/h9-11,13,16-18H,6-8H2,1-5H3. The second kappa shape index (κ2) is 5.22. The molecule has 0 radical (unpaired) electrons. The molecule has 0 aromatic carbocycles. The molecule has 0 saturated carbocycles. The Morgan fingerprint density at radius 3 is 2.44 bits per heavy atom. The molecular weight excluding hydrogens is 228 g/mol. The van der Waals surface area contributed by atoms with E-state index in [0.29, 0.717) is 0 Å². The third-order valence-corrected chi connectivity index (χ3v) is 4.67. The average Bonchev–Trinajstić information content (AvgIpc) is 2.25. The van der Waals surface area contributed by atoms with E-state index in [9.17, 15) is 15.3 Å². The first-order valence-corrected chi connectivity index (χ1v) is 6.93. The van der Waals surface area contributed by atoms with Crippen LogP contribution in [0, 0.1) is 17.3 Å². The van der Waals surface area contributed by atoms with Crippen LogP contribution in [0.15, 0.2) is 11.8 Å². The van der Waals surface area contributed by atoms with Crippen molar-refractivity contribution in [2.24, 2.45) is 17.3 Å². The lowest BCUT2D eigenvalue weighted by atomic mass is 9.64. The van der Waals surface area contributed by atoms with Gasteiger partial charge in [0.1, 0.15) is 11.9 Å². The van der Waals surface area contributed by atoms with Crippen LogP contribution in [0.25, 0.3) is 0 Å². The van der Waals surface area contributed by atoms with Gasteiger partial charge >= 0.3 is 0 Å². The number of aliphatic hydroxyl groups excluding tert-OH is 2. The minimum absolute atomic E-state index is 0.0117. The van der Waals surface area contributed by atoms with E-state index in [1.54, 1.807) is 6.08 Å². The highest BCUT2D eigenvalue weighted by Crippen LogP contribution is 2.45. The molecule has 0 fully saturated rings. The zero-order valence-electron chi connectivity index (χ0n) is 12.3. The lowest BCUT2D eigenvalue weighted by Gasteiger charge is -2.43. The molecule has 0 spiro atoms. The fourth-order valence-corrected chi connectivity index (χ4v) is 3.02. The highest BCUT2D eigenvalue weighted by atomic mass is 16.3. The third-order valence-electron chi connectivity index (χ3n) is 4.67. The molecule has 1 aliphatic carbocycles. The molecule has 18 heavy (non-hydrogen) atoms. The minimum Gasteiger partial charge on any atom is -0.510 e. The molecule has 0 aromatic rings. The Kier molecular flexibility index (Phi) is 4.50. The van der Waals surface area contributed by atoms with Gasteiger partial charge < -0.3 is 15.3 Å². The Morgan fingerprint density at radius 2 is 1.94 bits per heavy atom. The summed E-state index contributed by atoms with van der Waals surface area (Å²) in [6, 6.07) is 0. The van der Waals surface area contributed by atoms with Crippen molar-refractivity contribution >= 4 is 0 Å². The molecule has 3 N–H and O–H groups in total. The van der Waals surface area contributed by atoms with Gasteiger partial charge in [-0.05, 0) is 49.5 Å². The fourth-order valence-electron chi connectivity index (χ4n) is 3.02. The van der Waals surface area contributed by atoms with Gasteiger partial charge in [0.15, 0.2) is 0 Å². The molecule has 3 nitrogen and oxygen atoms in total. The van der Waals surface area contributed by atoms with Gasteiger partial charge in [-0.3, -0.25) is 0 Å². The van der Waals surface area contributed by atoms with Crippen LogP contribution >= 0.6 is 0 Å². The van der Waals surface area contributed by atoms with E-state index in [4.69, 9.17) is 0 Å². The number of hydrogen-bond donors (Lipinski definition) is 3. The summed E-state index contributed by atoms with van der Waals surface area (Å²) in [6.45, 7) is 9.97. The molecule has 4 unspecified atom stereocenters. The van der Waals surface area contributed by atoms with E-state index in [-0.39, 0.29) is 23.0 Å². The largest absolute Gasteiger partial charge is 0.510 e. The van der Waals surface area contributed by atoms with Crippen molar-refractivity contribution in [2.75, 3.05) is 0 Å². The lowest BCUT2D eigenvalue weighted by molar-refractivity contribution is -0.00555. The Labute approximate surface area is 111 Å². The number of hydrogen-bond acceptors (Lipinski definition) is 3. The van der Waals surface area contributed by atoms with Crippen LogP contribution in [-0.2, 0) is 0 Å². The van der Waals surface area contributed by atoms with Gasteiger partial charge in [0.05, 0.1) is 5.60 Å². The highest BCUT2D eigenvalue weighted by Gasteiger charge is 2.41. The number of aliphatic hydroxyl groups is 3. The van der Waals surface area contributed by atoms with Crippen LogP contribution in [0.4, 0.5) is 0 Å². The summed E-state index contributed by atoms with van der Waals surface area (Å²) in [7, 11) is 0. The molecule has 0 saturated heterocycles. The molecule has 0 bridgehead atoms. The predicted molar refractivity (Wildman–Crippen MR) is 73.3 cm³/mol. The summed E-state index contributed by atoms with van der Waals surface area (Å²) in [5.74, 6) is 0.366. The summed E-state index contributed by atoms with van der Waals surface area (Å²) >= 11 is 0. The van der Waals surface area contributed by atoms with Crippen LogP contribution in [0.1, 0.15) is 53.9 Å². The Morgan fingerprint density at radius 1 is 1.39 bits per heavy atom. The maximum atomic E-state index is 10.1. The van der Waals surface area contributed by atoms with E-state index in [0.717, 1.165) is 19.3 Å². The second-order valence-corrected chi connectivity index (χ2v) is 6.69. The number of allylic oxidation sites excluding steroid dienone is 1. The molecule has 0 aromatic heterocycles. The van der Waals surface area contributed by atoms with Gasteiger partial charge in [0.2, 0.25) is 0 Å². The van der Waals surface area contributed by atoms with Crippen molar-refractivity contribution in [1.29, 1.82) is 0 Å². The van der Waals surface area contributed by atoms with E-state index >= 15 is 0 Å². The molecular formula is C15H28O3. The normalized spacial score (nSPS) is 34.8. The van der Waals surface area contributed by atoms with Crippen molar-refractivity contribution in [3.63, 3.8) is 0 Å². The van der Waals surface area contributed by atoms with Gasteiger partial charge in [0, 0.05) is 0 Å². The molecule has 106 valence electrons. The summed E-state index contributed by atoms with van der Waals surface area (Å²) in [5, 5.41) is 29.8. The lowest BCUT2D eigenvalue weighted by Crippen LogP contribution is -2.41. The maximum Gasteiger partial charge on any atom is 0.118 e. The average molecular weight is 256 g/mol. The smallest absolute Gasteiger partial charge is 0.118 e. The summed E-state index contributed by atoms with van der Waals surface area (Å²) in [6.07, 6.45) is 3.31. The first kappa shape index (κ1) is 15.5. The topological polar surface area (TPSA) is 60.7 Å². The zero-order chi connectivity index (χ0) is 14.1. The van der Waals surface area contributed by atoms with Crippen molar-refractivity contribution in [3.8, 4) is 0 Å². The van der Waals surface area contributed by atoms with E-state index in [1.165, 1.54) is 0 Å². The molecule has 4 atom stereocenters. The Hall–Kier alpha value is -0.540. The summed E-state index contributed by atoms with van der Waals surface area (Å²) < 4.78 is 0. The molecule has 1 rings (SSSR count). The summed E-state index contributed by atoms with van der Waals surface area (Å²) in [4.78, 5) is 0. The molecule has 0 heterocycles. The van der Waals surface area contributed by atoms with Crippen LogP contribution in [0.5, 0.6) is 0 Å². The Balaban J connectivity index is 2.81. The molecule has 1 aliphatic rings. The van der Waals surface area contributed by atoms with Gasteiger partial charge in [-0.25, -0.2) is 0 Å². The van der Waals surface area contributed by atoms with E-state index in [1.807, 2.05) is 20.8 Å². The third kappa shape index (κ3) is 3.27. The van der Waals surface area contributed by atoms with Gasteiger partial charge in [-0.1, -0.05) is 27.7 Å². The molecule has 0 amide bonds. The first-order chi connectivity index (χ1) is 8.10. The minimum atomic E-state index is -0.769. The highest BCUT2D eigenvalue weighted by molar-refractivity contribution is 5.14. The Bertz CT molecular complexity index is 318. The van der Waals surface area contributed by atoms with Crippen molar-refractivity contribution in [2.45, 2.75) is 65.6 Å². The van der Waals surface area contributed by atoms with Crippen molar-refractivity contribution in [3.05, 3.63) is 11.8 Å². The van der Waals surface area contributed by atoms with Gasteiger partial charge in [-0.15, -0.1) is 0 Å². The van der Waals surface area contributed by atoms with E-state index < -0.39 is 11.7 Å². The SMILES string of the molecule is CCC(C)(O)CCC1C(C)C(O)C(O)=CC1(C)C. The molecule has 0 aliphatic heterocycles. The molecule has 3 heteroatoms. The first-order valence-electron chi connectivity index (χ1n) is 6.93. The van der Waals surface area contributed by atoms with Crippen LogP contribution < -0.4 is 0 Å². The second-order valence-electron chi connectivity index (χ2n) is 6.69. The van der Waals surface area contributed by atoms with Crippen LogP contribution in [0.3, 0.4) is 0 Å². The van der Waals surface area contributed by atoms with E-state index in [2.05, 4.69) is 13.8 Å². The van der Waals surface area contributed by atoms with Crippen LogP contribution in [0.2, 0.25) is 0 Å². The fraction of sp³-hybridized carbons (Fsp3) is 0.867. The summed E-state index contributed by atoms with van der Waals surface area (Å²) in [5.41, 5.74) is -0.781. The predicted octanol–water partition coefficient (Wildman–Crippen LogP) is 3.02. The van der Waals surface area contributed by atoms with Gasteiger partial charge in [-0.2, -0.15) is 0 Å². The quantitative estimate of drug-likeness (QED) is 0.724. The van der Waals surface area contributed by atoms with Crippen molar-refractivity contribution < 1.29 is 15.3 Å².